The molecule has 0 aliphatic rings. The summed E-state index contributed by atoms with van der Waals surface area (Å²) in [5.74, 6) is -0.212. The number of nitriles is 1. The van der Waals surface area contributed by atoms with Crippen LogP contribution < -0.4 is 0 Å². The first-order valence-electron chi connectivity index (χ1n) is 7.58. The van der Waals surface area contributed by atoms with Gasteiger partial charge in [-0.2, -0.15) is 10.4 Å². The molecule has 122 valence electrons. The van der Waals surface area contributed by atoms with Crippen molar-refractivity contribution in [1.82, 2.24) is 30.1 Å². The Morgan fingerprint density at radius 2 is 2.08 bits per heavy atom. The van der Waals surface area contributed by atoms with E-state index in [1.54, 1.807) is 18.5 Å². The number of hydrogen-bond acceptors (Lipinski definition) is 5. The van der Waals surface area contributed by atoms with Gasteiger partial charge in [0, 0.05) is 35.7 Å². The van der Waals surface area contributed by atoms with E-state index in [9.17, 15) is 5.26 Å². The molecule has 1 unspecified atom stereocenters. The molecule has 4 rings (SSSR count). The minimum absolute atomic E-state index is 0.212. The molecule has 0 radical (unpaired) electrons. The van der Waals surface area contributed by atoms with E-state index < -0.39 is 0 Å². The molecule has 1 atom stereocenters. The van der Waals surface area contributed by atoms with Crippen LogP contribution in [0.5, 0.6) is 0 Å². The fraction of sp³-hybridized carbons (Fsp3) is 0.118. The third-order valence-electron chi connectivity index (χ3n) is 4.07. The molecule has 0 spiro atoms. The molecule has 2 N–H and O–H groups in total. The highest BCUT2D eigenvalue weighted by Gasteiger charge is 2.22. The number of nitrogens with zero attached hydrogens (tertiary/aromatic N) is 5. The molecule has 0 aromatic carbocycles. The lowest BCUT2D eigenvalue weighted by Crippen LogP contribution is -2.04. The second kappa shape index (κ2) is 6.34. The maximum absolute atomic E-state index is 9.29. The van der Waals surface area contributed by atoms with Crippen molar-refractivity contribution in [2.24, 2.45) is 0 Å². The molecule has 4 aromatic heterocycles. The molecule has 0 fully saturated rings. The lowest BCUT2D eigenvalue weighted by Gasteiger charge is -2.14. The SMILES string of the molecule is N#CCC(c1ccc(Cl)nc1)c1[nH]ncc1-c1ncnc2[nH]ccc12. The van der Waals surface area contributed by atoms with Crippen LogP contribution in [0.1, 0.15) is 23.6 Å². The predicted octanol–water partition coefficient (Wildman–Crippen LogP) is 3.44. The van der Waals surface area contributed by atoms with Gasteiger partial charge in [-0.05, 0) is 17.7 Å². The summed E-state index contributed by atoms with van der Waals surface area (Å²) >= 11 is 5.88. The van der Waals surface area contributed by atoms with Gasteiger partial charge in [0.05, 0.1) is 23.7 Å². The number of rotatable bonds is 4. The van der Waals surface area contributed by atoms with E-state index in [0.717, 1.165) is 33.5 Å². The summed E-state index contributed by atoms with van der Waals surface area (Å²) in [6.45, 7) is 0. The van der Waals surface area contributed by atoms with Crippen molar-refractivity contribution in [3.63, 3.8) is 0 Å². The van der Waals surface area contributed by atoms with E-state index in [-0.39, 0.29) is 12.3 Å². The van der Waals surface area contributed by atoms with Gasteiger partial charge in [0.1, 0.15) is 17.1 Å². The molecule has 4 aromatic rings. The van der Waals surface area contributed by atoms with E-state index in [1.807, 2.05) is 18.3 Å². The number of fused-ring (bicyclic) bond motifs is 1. The van der Waals surface area contributed by atoms with Crippen molar-refractivity contribution in [1.29, 1.82) is 5.26 Å². The maximum Gasteiger partial charge on any atom is 0.141 e. The first-order valence-corrected chi connectivity index (χ1v) is 7.96. The van der Waals surface area contributed by atoms with Crippen molar-refractivity contribution in [2.45, 2.75) is 12.3 Å². The predicted molar refractivity (Wildman–Crippen MR) is 92.8 cm³/mol. The Morgan fingerprint density at radius 1 is 1.16 bits per heavy atom. The van der Waals surface area contributed by atoms with Crippen molar-refractivity contribution in [2.75, 3.05) is 0 Å². The molecule has 0 saturated heterocycles. The molecular weight excluding hydrogens is 338 g/mol. The fourth-order valence-electron chi connectivity index (χ4n) is 2.91. The Morgan fingerprint density at radius 3 is 2.88 bits per heavy atom. The largest absolute Gasteiger partial charge is 0.346 e. The number of aromatic amines is 2. The zero-order chi connectivity index (χ0) is 17.2. The van der Waals surface area contributed by atoms with Crippen LogP contribution in [0.15, 0.2) is 43.1 Å². The zero-order valence-corrected chi connectivity index (χ0v) is 13.7. The van der Waals surface area contributed by atoms with Crippen LogP contribution in [0.4, 0.5) is 0 Å². The number of hydrogen-bond donors (Lipinski definition) is 2. The Labute approximate surface area is 147 Å². The van der Waals surface area contributed by atoms with Gasteiger partial charge in [-0.3, -0.25) is 5.10 Å². The molecule has 0 saturated carbocycles. The smallest absolute Gasteiger partial charge is 0.141 e. The van der Waals surface area contributed by atoms with Gasteiger partial charge in [-0.25, -0.2) is 15.0 Å². The van der Waals surface area contributed by atoms with Crippen LogP contribution >= 0.6 is 11.6 Å². The third-order valence-corrected chi connectivity index (χ3v) is 4.30. The molecule has 0 amide bonds. The third kappa shape index (κ3) is 2.73. The minimum Gasteiger partial charge on any atom is -0.346 e. The van der Waals surface area contributed by atoms with Gasteiger partial charge in [0.15, 0.2) is 0 Å². The summed E-state index contributed by atoms with van der Waals surface area (Å²) in [6.07, 6.45) is 7.01. The summed E-state index contributed by atoms with van der Waals surface area (Å²) in [5, 5.41) is 17.8. The standard InChI is InChI=1S/C17H12ClN7/c18-14-2-1-10(7-21-14)11(3-5-19)16-13(8-24-25-16)15-12-4-6-20-17(12)23-9-22-15/h1-2,4,6-9,11H,3H2,(H,24,25)(H,20,22,23). The zero-order valence-electron chi connectivity index (χ0n) is 12.9. The Hall–Kier alpha value is -3.24. The molecule has 4 heterocycles. The minimum atomic E-state index is -0.212. The molecule has 0 bridgehead atoms. The Kier molecular flexibility index (Phi) is 3.88. The van der Waals surface area contributed by atoms with Crippen LogP contribution in [0.2, 0.25) is 5.15 Å². The van der Waals surface area contributed by atoms with Crippen LogP contribution in [0.3, 0.4) is 0 Å². The lowest BCUT2D eigenvalue weighted by atomic mass is 9.91. The van der Waals surface area contributed by atoms with Gasteiger partial charge >= 0.3 is 0 Å². The number of pyridine rings is 1. The first-order chi connectivity index (χ1) is 12.3. The average Bonchev–Trinajstić information content (AvgIpc) is 3.29. The number of H-pyrrole nitrogens is 2. The van der Waals surface area contributed by atoms with E-state index in [2.05, 4.69) is 36.2 Å². The fourth-order valence-corrected chi connectivity index (χ4v) is 3.02. The highest BCUT2D eigenvalue weighted by atomic mass is 35.5. The van der Waals surface area contributed by atoms with E-state index in [1.165, 1.54) is 6.33 Å². The molecular formula is C17H12ClN7. The topological polar surface area (TPSA) is 107 Å². The molecule has 8 heteroatoms. The summed E-state index contributed by atoms with van der Waals surface area (Å²) in [5.41, 5.74) is 4.05. The number of aromatic nitrogens is 6. The number of nitrogens with one attached hydrogen (secondary N) is 2. The quantitative estimate of drug-likeness (QED) is 0.549. The van der Waals surface area contributed by atoms with Gasteiger partial charge < -0.3 is 4.98 Å². The Balaban J connectivity index is 1.86. The highest BCUT2D eigenvalue weighted by molar-refractivity contribution is 6.29. The van der Waals surface area contributed by atoms with Gasteiger partial charge in [-0.15, -0.1) is 0 Å². The normalized spacial score (nSPS) is 12.2. The van der Waals surface area contributed by atoms with Gasteiger partial charge in [0.2, 0.25) is 0 Å². The van der Waals surface area contributed by atoms with Crippen LogP contribution in [-0.2, 0) is 0 Å². The number of halogens is 1. The van der Waals surface area contributed by atoms with Crippen LogP contribution in [-0.4, -0.2) is 30.1 Å². The van der Waals surface area contributed by atoms with Crippen molar-refractivity contribution < 1.29 is 0 Å². The van der Waals surface area contributed by atoms with E-state index >= 15 is 0 Å². The van der Waals surface area contributed by atoms with Gasteiger partial charge in [-0.1, -0.05) is 17.7 Å². The second-order valence-corrected chi connectivity index (χ2v) is 5.88. The summed E-state index contributed by atoms with van der Waals surface area (Å²) < 4.78 is 0. The van der Waals surface area contributed by atoms with E-state index in [0.29, 0.717) is 5.15 Å². The van der Waals surface area contributed by atoms with Crippen molar-refractivity contribution in [3.05, 3.63) is 59.5 Å². The average molecular weight is 350 g/mol. The van der Waals surface area contributed by atoms with Gasteiger partial charge in [0.25, 0.3) is 0 Å². The summed E-state index contributed by atoms with van der Waals surface area (Å²) in [7, 11) is 0. The second-order valence-electron chi connectivity index (χ2n) is 5.49. The van der Waals surface area contributed by atoms with Crippen LogP contribution in [0.25, 0.3) is 22.3 Å². The maximum atomic E-state index is 9.29. The van der Waals surface area contributed by atoms with Crippen molar-refractivity contribution in [3.8, 4) is 17.3 Å². The molecule has 0 aliphatic carbocycles. The van der Waals surface area contributed by atoms with Crippen molar-refractivity contribution >= 4 is 22.6 Å². The molecule has 7 nitrogen and oxygen atoms in total. The monoisotopic (exact) mass is 349 g/mol. The highest BCUT2D eigenvalue weighted by Crippen LogP contribution is 2.35. The lowest BCUT2D eigenvalue weighted by molar-refractivity contribution is 0.788. The summed E-state index contributed by atoms with van der Waals surface area (Å²) in [6, 6.07) is 7.74. The first kappa shape index (κ1) is 15.3. The molecule has 0 aliphatic heterocycles. The summed E-state index contributed by atoms with van der Waals surface area (Å²) in [4.78, 5) is 15.8. The van der Waals surface area contributed by atoms with Crippen LogP contribution in [0, 0.1) is 11.3 Å². The Bertz CT molecular complexity index is 1060. The molecule has 25 heavy (non-hydrogen) atoms. The van der Waals surface area contributed by atoms with E-state index in [4.69, 9.17) is 11.6 Å².